The Kier molecular flexibility index (Phi) is 3.22. The minimum atomic E-state index is -0.458. The van der Waals surface area contributed by atoms with Crippen LogP contribution in [0.2, 0.25) is 0 Å². The minimum Gasteiger partial charge on any atom is -0.358 e. The third-order valence-corrected chi connectivity index (χ3v) is 2.36. The van der Waals surface area contributed by atoms with E-state index in [-0.39, 0.29) is 5.82 Å². The summed E-state index contributed by atoms with van der Waals surface area (Å²) in [5, 5.41) is 10.5. The topological polar surface area (TPSA) is 61.0 Å². The molecule has 0 saturated carbocycles. The number of rotatable bonds is 4. The highest BCUT2D eigenvalue weighted by Crippen LogP contribution is 2.13. The van der Waals surface area contributed by atoms with E-state index in [4.69, 9.17) is 0 Å². The summed E-state index contributed by atoms with van der Waals surface area (Å²) in [6.07, 6.45) is 2.56. The zero-order valence-corrected chi connectivity index (χ0v) is 8.73. The molecule has 0 radical (unpaired) electrons. The van der Waals surface area contributed by atoms with Gasteiger partial charge in [0, 0.05) is 13.5 Å². The summed E-state index contributed by atoms with van der Waals surface area (Å²) in [4.78, 5) is 13.9. The number of aromatic nitrogens is 2. The first-order valence-electron chi connectivity index (χ1n) is 4.72. The number of hydrogen-bond acceptors (Lipinski definition) is 3. The van der Waals surface area contributed by atoms with Crippen LogP contribution in [-0.4, -0.2) is 14.5 Å². The standard InChI is InChI=1S/C9H15N3O2/c1-4-7(2)5-11-6-9(12(13)14)10-8(11)3/h6-7H,4-5H2,1-3H3/t7-/m0/s1. The predicted molar refractivity (Wildman–Crippen MR) is 53.1 cm³/mol. The van der Waals surface area contributed by atoms with E-state index >= 15 is 0 Å². The second kappa shape index (κ2) is 4.21. The maximum absolute atomic E-state index is 10.5. The lowest BCUT2D eigenvalue weighted by Crippen LogP contribution is -2.07. The third kappa shape index (κ3) is 2.31. The lowest BCUT2D eigenvalue weighted by molar-refractivity contribution is -0.389. The highest BCUT2D eigenvalue weighted by atomic mass is 16.6. The maximum atomic E-state index is 10.5. The summed E-state index contributed by atoms with van der Waals surface area (Å²) in [7, 11) is 0. The molecule has 78 valence electrons. The second-order valence-corrected chi connectivity index (χ2v) is 3.57. The van der Waals surface area contributed by atoms with E-state index in [9.17, 15) is 10.1 Å². The fourth-order valence-electron chi connectivity index (χ4n) is 1.23. The molecule has 1 atom stereocenters. The molecule has 0 fully saturated rings. The van der Waals surface area contributed by atoms with E-state index in [0.29, 0.717) is 11.7 Å². The average Bonchev–Trinajstić information content (AvgIpc) is 2.48. The monoisotopic (exact) mass is 197 g/mol. The molecular weight excluding hydrogens is 182 g/mol. The first-order valence-corrected chi connectivity index (χ1v) is 4.72. The lowest BCUT2D eigenvalue weighted by atomic mass is 10.1. The van der Waals surface area contributed by atoms with Crippen LogP contribution in [-0.2, 0) is 6.54 Å². The Morgan fingerprint density at radius 1 is 1.71 bits per heavy atom. The van der Waals surface area contributed by atoms with Crippen LogP contribution in [0.4, 0.5) is 5.82 Å². The summed E-state index contributed by atoms with van der Waals surface area (Å²) in [5.74, 6) is 1.16. The van der Waals surface area contributed by atoms with Gasteiger partial charge in [0.1, 0.15) is 6.20 Å². The van der Waals surface area contributed by atoms with Crippen LogP contribution in [0.1, 0.15) is 26.1 Å². The number of aryl methyl sites for hydroxylation is 1. The van der Waals surface area contributed by atoms with Crippen molar-refractivity contribution < 1.29 is 4.92 Å². The molecule has 0 aliphatic carbocycles. The number of nitro groups is 1. The van der Waals surface area contributed by atoms with E-state index in [1.165, 1.54) is 6.20 Å². The van der Waals surface area contributed by atoms with Crippen LogP contribution < -0.4 is 0 Å². The van der Waals surface area contributed by atoms with Crippen molar-refractivity contribution in [3.8, 4) is 0 Å². The van der Waals surface area contributed by atoms with Gasteiger partial charge >= 0.3 is 5.82 Å². The van der Waals surface area contributed by atoms with Crippen LogP contribution >= 0.6 is 0 Å². The molecule has 0 amide bonds. The first-order chi connectivity index (χ1) is 6.54. The van der Waals surface area contributed by atoms with Crippen LogP contribution in [0.15, 0.2) is 6.20 Å². The summed E-state index contributed by atoms with van der Waals surface area (Å²) < 4.78 is 1.84. The Morgan fingerprint density at radius 3 is 2.79 bits per heavy atom. The van der Waals surface area contributed by atoms with E-state index in [2.05, 4.69) is 18.8 Å². The Bertz CT molecular complexity index is 333. The average molecular weight is 197 g/mol. The van der Waals surface area contributed by atoms with Crippen molar-refractivity contribution in [3.63, 3.8) is 0 Å². The normalized spacial score (nSPS) is 12.8. The summed E-state index contributed by atoms with van der Waals surface area (Å²) >= 11 is 0. The largest absolute Gasteiger partial charge is 0.381 e. The molecule has 0 spiro atoms. The van der Waals surface area contributed by atoms with Crippen LogP contribution in [0.3, 0.4) is 0 Å². The van der Waals surface area contributed by atoms with Crippen molar-refractivity contribution in [1.29, 1.82) is 0 Å². The quantitative estimate of drug-likeness (QED) is 0.548. The number of imidazole rings is 1. The Hall–Kier alpha value is -1.39. The molecule has 5 nitrogen and oxygen atoms in total. The van der Waals surface area contributed by atoms with Gasteiger partial charge in [0.25, 0.3) is 0 Å². The molecule has 14 heavy (non-hydrogen) atoms. The summed E-state index contributed by atoms with van der Waals surface area (Å²) in [5.41, 5.74) is 0. The Balaban J connectivity index is 2.82. The Labute approximate surface area is 82.9 Å². The lowest BCUT2D eigenvalue weighted by Gasteiger charge is -2.08. The van der Waals surface area contributed by atoms with Gasteiger partial charge in [-0.3, -0.25) is 0 Å². The highest BCUT2D eigenvalue weighted by Gasteiger charge is 2.15. The van der Waals surface area contributed by atoms with E-state index in [1.807, 2.05) is 4.57 Å². The van der Waals surface area contributed by atoms with Crippen molar-refractivity contribution in [1.82, 2.24) is 9.55 Å². The summed E-state index contributed by atoms with van der Waals surface area (Å²) in [6, 6.07) is 0. The zero-order chi connectivity index (χ0) is 10.7. The molecule has 1 aromatic heterocycles. The molecule has 0 bridgehead atoms. The molecule has 0 aromatic carbocycles. The number of hydrogen-bond donors (Lipinski definition) is 0. The van der Waals surface area contributed by atoms with E-state index in [0.717, 1.165) is 13.0 Å². The summed E-state index contributed by atoms with van der Waals surface area (Å²) in [6.45, 7) is 6.80. The molecule has 1 heterocycles. The van der Waals surface area contributed by atoms with Crippen LogP contribution in [0.25, 0.3) is 0 Å². The van der Waals surface area contributed by atoms with Gasteiger partial charge in [0.2, 0.25) is 5.82 Å². The third-order valence-electron chi connectivity index (χ3n) is 2.36. The van der Waals surface area contributed by atoms with Crippen molar-refractivity contribution >= 4 is 5.82 Å². The molecular formula is C9H15N3O2. The SMILES string of the molecule is CC[C@H](C)Cn1cc([N+](=O)[O-])nc1C. The van der Waals surface area contributed by atoms with E-state index < -0.39 is 4.92 Å². The van der Waals surface area contributed by atoms with Gasteiger partial charge in [-0.1, -0.05) is 20.3 Å². The molecule has 1 aromatic rings. The van der Waals surface area contributed by atoms with Gasteiger partial charge in [-0.05, 0) is 15.8 Å². The smallest absolute Gasteiger partial charge is 0.358 e. The fraction of sp³-hybridized carbons (Fsp3) is 0.667. The fourth-order valence-corrected chi connectivity index (χ4v) is 1.23. The molecule has 0 aliphatic rings. The highest BCUT2D eigenvalue weighted by molar-refractivity contribution is 5.16. The molecule has 5 heteroatoms. The van der Waals surface area contributed by atoms with Crippen molar-refractivity contribution in [3.05, 3.63) is 22.1 Å². The van der Waals surface area contributed by atoms with Gasteiger partial charge in [-0.25, -0.2) is 0 Å². The van der Waals surface area contributed by atoms with Gasteiger partial charge in [0.05, 0.1) is 0 Å². The van der Waals surface area contributed by atoms with Crippen LogP contribution in [0, 0.1) is 23.0 Å². The predicted octanol–water partition coefficient (Wildman–Crippen LogP) is 2.15. The molecule has 0 unspecified atom stereocenters. The minimum absolute atomic E-state index is 0.0641. The maximum Gasteiger partial charge on any atom is 0.381 e. The van der Waals surface area contributed by atoms with E-state index in [1.54, 1.807) is 6.92 Å². The van der Waals surface area contributed by atoms with Crippen molar-refractivity contribution in [2.75, 3.05) is 0 Å². The molecule has 1 rings (SSSR count). The van der Waals surface area contributed by atoms with Gasteiger partial charge < -0.3 is 14.7 Å². The van der Waals surface area contributed by atoms with Gasteiger partial charge in [-0.15, -0.1) is 0 Å². The number of nitrogens with zero attached hydrogens (tertiary/aromatic N) is 3. The molecule has 0 saturated heterocycles. The van der Waals surface area contributed by atoms with Gasteiger partial charge in [0.15, 0.2) is 0 Å². The Morgan fingerprint density at radius 2 is 2.36 bits per heavy atom. The van der Waals surface area contributed by atoms with Crippen molar-refractivity contribution in [2.24, 2.45) is 5.92 Å². The first kappa shape index (κ1) is 10.7. The van der Waals surface area contributed by atoms with Gasteiger partial charge in [-0.2, -0.15) is 0 Å². The molecule has 0 N–H and O–H groups in total. The zero-order valence-electron chi connectivity index (χ0n) is 8.73. The second-order valence-electron chi connectivity index (χ2n) is 3.57. The molecule has 0 aliphatic heterocycles. The van der Waals surface area contributed by atoms with Crippen molar-refractivity contribution in [2.45, 2.75) is 33.7 Å². The van der Waals surface area contributed by atoms with Crippen LogP contribution in [0.5, 0.6) is 0 Å².